The Balaban J connectivity index is 1.87. The summed E-state index contributed by atoms with van der Waals surface area (Å²) in [6.07, 6.45) is 0. The van der Waals surface area contributed by atoms with Crippen LogP contribution in [0.4, 0.5) is 5.13 Å². The van der Waals surface area contributed by atoms with Gasteiger partial charge in [-0.2, -0.15) is 0 Å². The number of Topliss-reactive ketones (excluding diaryl/α,β-unsaturated/α-hetero) is 1. The number of hydrogen-bond donors (Lipinski definition) is 1. The average Bonchev–Trinajstić information content (AvgIpc) is 2.96. The van der Waals surface area contributed by atoms with E-state index in [2.05, 4.69) is 9.71 Å². The molecule has 6 nitrogen and oxygen atoms in total. The third kappa shape index (κ3) is 3.80. The number of sulfonamides is 1. The highest BCUT2D eigenvalue weighted by Gasteiger charge is 2.17. The Hall–Kier alpha value is -2.45. The second kappa shape index (κ2) is 6.81. The van der Waals surface area contributed by atoms with Crippen molar-refractivity contribution in [2.24, 2.45) is 0 Å². The predicted octanol–water partition coefficient (Wildman–Crippen LogP) is 3.70. The number of ketones is 1. The number of ether oxygens (including phenoxy) is 1. The van der Waals surface area contributed by atoms with Gasteiger partial charge in [-0.05, 0) is 44.2 Å². The number of anilines is 1. The summed E-state index contributed by atoms with van der Waals surface area (Å²) in [5.41, 5.74) is 1.15. The highest BCUT2D eigenvalue weighted by molar-refractivity contribution is 7.93. The Morgan fingerprint density at radius 2 is 1.92 bits per heavy atom. The monoisotopic (exact) mass is 376 g/mol. The topological polar surface area (TPSA) is 85.4 Å². The fourth-order valence-corrected chi connectivity index (χ4v) is 4.38. The lowest BCUT2D eigenvalue weighted by Crippen LogP contribution is -2.12. The molecule has 0 amide bonds. The van der Waals surface area contributed by atoms with Crippen molar-refractivity contribution in [3.63, 3.8) is 0 Å². The number of aromatic nitrogens is 1. The third-order valence-electron chi connectivity index (χ3n) is 3.46. The molecular formula is C17H16N2O4S2. The average molecular weight is 376 g/mol. The highest BCUT2D eigenvalue weighted by Crippen LogP contribution is 2.30. The molecule has 3 aromatic rings. The first kappa shape index (κ1) is 17.4. The fourth-order valence-electron chi connectivity index (χ4n) is 2.25. The van der Waals surface area contributed by atoms with Crippen LogP contribution < -0.4 is 9.46 Å². The van der Waals surface area contributed by atoms with E-state index in [4.69, 9.17) is 4.74 Å². The number of carbonyl (C=O) groups is 1. The Bertz CT molecular complexity index is 1020. The molecule has 1 aromatic heterocycles. The van der Waals surface area contributed by atoms with Crippen molar-refractivity contribution < 1.29 is 17.9 Å². The number of hydrogen-bond acceptors (Lipinski definition) is 6. The van der Waals surface area contributed by atoms with Crippen LogP contribution in [0.3, 0.4) is 0 Å². The van der Waals surface area contributed by atoms with E-state index in [1.165, 1.54) is 42.5 Å². The van der Waals surface area contributed by atoms with E-state index >= 15 is 0 Å². The van der Waals surface area contributed by atoms with Crippen molar-refractivity contribution in [3.8, 4) is 5.75 Å². The Kier molecular flexibility index (Phi) is 4.73. The van der Waals surface area contributed by atoms with Gasteiger partial charge in [0, 0.05) is 5.56 Å². The van der Waals surface area contributed by atoms with Gasteiger partial charge in [0.15, 0.2) is 10.9 Å². The Labute approximate surface area is 149 Å². The van der Waals surface area contributed by atoms with Crippen molar-refractivity contribution in [1.29, 1.82) is 0 Å². The standard InChI is InChI=1S/C17H16N2O4S2/c1-3-23-13-6-9-15-16(10-13)24-17(18-15)19-25(21,22)14-7-4-12(5-8-14)11(2)20/h4-10H,3H2,1-2H3,(H,18,19). The zero-order valence-electron chi connectivity index (χ0n) is 13.6. The van der Waals surface area contributed by atoms with E-state index in [9.17, 15) is 13.2 Å². The van der Waals surface area contributed by atoms with Crippen molar-refractivity contribution in [3.05, 3.63) is 48.0 Å². The number of fused-ring (bicyclic) bond motifs is 1. The SMILES string of the molecule is CCOc1ccc2nc(NS(=O)(=O)c3ccc(C(C)=O)cc3)sc2c1. The zero-order chi connectivity index (χ0) is 18.0. The molecule has 2 aromatic carbocycles. The van der Waals surface area contributed by atoms with Gasteiger partial charge in [0.25, 0.3) is 10.0 Å². The number of thiazole rings is 1. The molecule has 1 heterocycles. The molecule has 0 spiro atoms. The van der Waals surface area contributed by atoms with E-state index < -0.39 is 10.0 Å². The number of nitrogens with zero attached hydrogens (tertiary/aromatic N) is 1. The van der Waals surface area contributed by atoms with E-state index in [-0.39, 0.29) is 15.8 Å². The van der Waals surface area contributed by atoms with Gasteiger partial charge in [-0.1, -0.05) is 23.5 Å². The van der Waals surface area contributed by atoms with Gasteiger partial charge < -0.3 is 4.74 Å². The second-order valence-electron chi connectivity index (χ2n) is 5.27. The van der Waals surface area contributed by atoms with Crippen LogP contribution in [0.15, 0.2) is 47.4 Å². The summed E-state index contributed by atoms with van der Waals surface area (Å²) < 4.78 is 33.7. The molecule has 3 rings (SSSR count). The molecule has 0 unspecified atom stereocenters. The van der Waals surface area contributed by atoms with E-state index in [1.807, 2.05) is 13.0 Å². The van der Waals surface area contributed by atoms with Crippen LogP contribution in [0.5, 0.6) is 5.75 Å². The molecule has 0 fully saturated rings. The fraction of sp³-hybridized carbons (Fsp3) is 0.176. The molecule has 0 aliphatic rings. The highest BCUT2D eigenvalue weighted by atomic mass is 32.2. The van der Waals surface area contributed by atoms with Gasteiger partial charge in [0.05, 0.1) is 21.7 Å². The van der Waals surface area contributed by atoms with Crippen LogP contribution in [-0.2, 0) is 10.0 Å². The summed E-state index contributed by atoms with van der Waals surface area (Å²) in [7, 11) is -3.77. The van der Waals surface area contributed by atoms with Crippen LogP contribution in [0.1, 0.15) is 24.2 Å². The lowest BCUT2D eigenvalue weighted by molar-refractivity contribution is 0.101. The minimum absolute atomic E-state index is 0.0757. The Morgan fingerprint density at radius 3 is 2.56 bits per heavy atom. The minimum atomic E-state index is -3.77. The number of rotatable bonds is 6. The molecule has 1 N–H and O–H groups in total. The van der Waals surface area contributed by atoms with Gasteiger partial charge >= 0.3 is 0 Å². The smallest absolute Gasteiger partial charge is 0.263 e. The summed E-state index contributed by atoms with van der Waals surface area (Å²) in [6, 6.07) is 11.2. The molecule has 0 bridgehead atoms. The van der Waals surface area contributed by atoms with Crippen molar-refractivity contribution in [2.75, 3.05) is 11.3 Å². The summed E-state index contributed by atoms with van der Waals surface area (Å²) >= 11 is 1.23. The van der Waals surface area contributed by atoms with Crippen molar-refractivity contribution in [2.45, 2.75) is 18.7 Å². The largest absolute Gasteiger partial charge is 0.494 e. The predicted molar refractivity (Wildman–Crippen MR) is 98.0 cm³/mol. The van der Waals surface area contributed by atoms with Crippen LogP contribution in [-0.4, -0.2) is 25.8 Å². The minimum Gasteiger partial charge on any atom is -0.494 e. The third-order valence-corrected chi connectivity index (χ3v) is 5.88. The summed E-state index contributed by atoms with van der Waals surface area (Å²) in [5, 5.41) is 0.277. The van der Waals surface area contributed by atoms with Crippen LogP contribution in [0.2, 0.25) is 0 Å². The normalized spacial score (nSPS) is 11.4. The lowest BCUT2D eigenvalue weighted by atomic mass is 10.2. The molecule has 8 heteroatoms. The maximum absolute atomic E-state index is 12.5. The van der Waals surface area contributed by atoms with Gasteiger partial charge in [-0.3, -0.25) is 9.52 Å². The molecule has 0 aliphatic carbocycles. The summed E-state index contributed by atoms with van der Waals surface area (Å²) in [4.78, 5) is 15.7. The number of benzene rings is 2. The van der Waals surface area contributed by atoms with Gasteiger partial charge in [0.1, 0.15) is 5.75 Å². The number of carbonyl (C=O) groups excluding carboxylic acids is 1. The molecule has 130 valence electrons. The number of nitrogens with one attached hydrogen (secondary N) is 1. The van der Waals surface area contributed by atoms with E-state index in [0.29, 0.717) is 23.4 Å². The maximum atomic E-state index is 12.5. The first-order valence-corrected chi connectivity index (χ1v) is 9.86. The molecular weight excluding hydrogens is 360 g/mol. The van der Waals surface area contributed by atoms with Crippen LogP contribution in [0.25, 0.3) is 10.2 Å². The van der Waals surface area contributed by atoms with Crippen LogP contribution in [0, 0.1) is 0 Å². The molecule has 0 aliphatic heterocycles. The molecule has 0 saturated carbocycles. The first-order valence-electron chi connectivity index (χ1n) is 7.56. The summed E-state index contributed by atoms with van der Waals surface area (Å²) in [5.74, 6) is 0.598. The molecule has 0 atom stereocenters. The van der Waals surface area contributed by atoms with Gasteiger partial charge in [0.2, 0.25) is 0 Å². The van der Waals surface area contributed by atoms with Crippen molar-refractivity contribution >= 4 is 42.5 Å². The van der Waals surface area contributed by atoms with Gasteiger partial charge in [-0.25, -0.2) is 13.4 Å². The van der Waals surface area contributed by atoms with Crippen LogP contribution >= 0.6 is 11.3 Å². The molecule has 25 heavy (non-hydrogen) atoms. The molecule has 0 saturated heterocycles. The second-order valence-corrected chi connectivity index (χ2v) is 7.98. The summed E-state index contributed by atoms with van der Waals surface area (Å²) in [6.45, 7) is 3.88. The Morgan fingerprint density at radius 1 is 1.20 bits per heavy atom. The molecule has 0 radical (unpaired) electrons. The van der Waals surface area contributed by atoms with E-state index in [0.717, 1.165) is 4.70 Å². The van der Waals surface area contributed by atoms with Crippen molar-refractivity contribution in [1.82, 2.24) is 4.98 Å². The van der Waals surface area contributed by atoms with E-state index in [1.54, 1.807) is 12.1 Å². The first-order chi connectivity index (χ1) is 11.9. The lowest BCUT2D eigenvalue weighted by Gasteiger charge is -2.05. The zero-order valence-corrected chi connectivity index (χ0v) is 15.3. The maximum Gasteiger partial charge on any atom is 0.263 e. The van der Waals surface area contributed by atoms with Gasteiger partial charge in [-0.15, -0.1) is 0 Å². The quantitative estimate of drug-likeness (QED) is 0.663.